The molecule has 0 aliphatic rings. The lowest BCUT2D eigenvalue weighted by molar-refractivity contribution is 0.751. The summed E-state index contributed by atoms with van der Waals surface area (Å²) in [5.74, 6) is 0. The molecular weight excluding hydrogens is 760 g/mol. The van der Waals surface area contributed by atoms with Crippen molar-refractivity contribution >= 4 is 74.1 Å². The third-order valence-electron chi connectivity index (χ3n) is 10.6. The molecule has 0 nitrogen and oxygen atoms in total. The summed E-state index contributed by atoms with van der Waals surface area (Å²) in [5, 5.41) is 11.6. The number of rotatable bonds is 15. The molecule has 1 atom stereocenters. The van der Waals surface area contributed by atoms with Gasteiger partial charge >= 0.3 is 0 Å². The summed E-state index contributed by atoms with van der Waals surface area (Å²) in [6.07, 6.45) is 2.13. The number of benzene rings is 8. The molecule has 8 rings (SSSR count). The van der Waals surface area contributed by atoms with Crippen molar-refractivity contribution in [2.75, 3.05) is 0 Å². The Labute approximate surface area is 345 Å². The first kappa shape index (κ1) is 39.3. The fraction of sp³-hybridized carbons (Fsp3) is 0.0943. The third-order valence-corrected chi connectivity index (χ3v) is 24.7. The maximum Gasteiger partial charge on any atom is 0.0552 e. The lowest BCUT2D eigenvalue weighted by Crippen LogP contribution is -2.44. The first-order chi connectivity index (χ1) is 28.3. The molecule has 0 heterocycles. The molecule has 57 heavy (non-hydrogen) atoms. The molecule has 0 aliphatic heterocycles. The molecule has 8 aromatic carbocycles. The van der Waals surface area contributed by atoms with Gasteiger partial charge in [-0.3, -0.25) is 0 Å². The summed E-state index contributed by atoms with van der Waals surface area (Å²) < 4.78 is -0.251. The zero-order chi connectivity index (χ0) is 38.7. The Bertz CT molecular complexity index is 2000. The Morgan fingerprint density at radius 2 is 0.491 bits per heavy atom. The minimum absolute atomic E-state index is 0.251. The molecular formula is C53H48P4. The molecule has 4 heteroatoms. The summed E-state index contributed by atoms with van der Waals surface area (Å²) in [6.45, 7) is 2.46. The van der Waals surface area contributed by atoms with Crippen LogP contribution in [0.4, 0.5) is 0 Å². The van der Waals surface area contributed by atoms with E-state index < -0.39 is 31.7 Å². The van der Waals surface area contributed by atoms with Crippen LogP contribution in [0.15, 0.2) is 243 Å². The number of hydrogen-bond donors (Lipinski definition) is 0. The standard InChI is InChI=1S/C53H48P4/c1-2-44(54(45-27-11-3-12-28-45)46-29-13-4-14-30-46)43-53(55(47-31-15-5-16-32-47)48-33-17-6-18-34-48,56(49-35-19-7-20-36-49)50-37-21-8-22-38-50)57(51-39-23-9-24-40-51)52-41-25-10-26-42-52/h3-42,44H,2,43H2,1H3. The van der Waals surface area contributed by atoms with E-state index in [9.17, 15) is 0 Å². The van der Waals surface area contributed by atoms with Crippen molar-refractivity contribution in [2.24, 2.45) is 0 Å². The van der Waals surface area contributed by atoms with Crippen LogP contribution in [-0.4, -0.2) is 10.3 Å². The van der Waals surface area contributed by atoms with Crippen molar-refractivity contribution in [3.8, 4) is 0 Å². The van der Waals surface area contributed by atoms with Crippen molar-refractivity contribution in [3.63, 3.8) is 0 Å². The van der Waals surface area contributed by atoms with Crippen molar-refractivity contribution in [1.29, 1.82) is 0 Å². The van der Waals surface area contributed by atoms with Crippen molar-refractivity contribution in [1.82, 2.24) is 0 Å². The van der Waals surface area contributed by atoms with Crippen LogP contribution in [0.2, 0.25) is 0 Å². The molecule has 0 radical (unpaired) electrons. The van der Waals surface area contributed by atoms with Gasteiger partial charge in [0.1, 0.15) is 0 Å². The quantitative estimate of drug-likeness (QED) is 0.0905. The van der Waals surface area contributed by atoms with Gasteiger partial charge in [0.05, 0.1) is 4.64 Å². The third kappa shape index (κ3) is 8.68. The summed E-state index contributed by atoms with van der Waals surface area (Å²) in [6, 6.07) is 92.7. The van der Waals surface area contributed by atoms with E-state index in [0.29, 0.717) is 5.66 Å². The van der Waals surface area contributed by atoms with Gasteiger partial charge in [0, 0.05) is 0 Å². The summed E-state index contributed by atoms with van der Waals surface area (Å²) in [7, 11) is -3.75. The molecule has 0 saturated carbocycles. The Kier molecular flexibility index (Phi) is 13.3. The molecule has 0 N–H and O–H groups in total. The zero-order valence-electron chi connectivity index (χ0n) is 32.4. The van der Waals surface area contributed by atoms with Crippen molar-refractivity contribution < 1.29 is 0 Å². The van der Waals surface area contributed by atoms with Gasteiger partial charge in [0.25, 0.3) is 0 Å². The SMILES string of the molecule is CCC(CC(P(c1ccccc1)c1ccccc1)(P(c1ccccc1)c1ccccc1)P(c1ccccc1)c1ccccc1)P(c1ccccc1)c1ccccc1. The highest BCUT2D eigenvalue weighted by molar-refractivity contribution is 8.05. The van der Waals surface area contributed by atoms with Crippen molar-refractivity contribution in [2.45, 2.75) is 30.1 Å². The van der Waals surface area contributed by atoms with E-state index in [-0.39, 0.29) is 4.64 Å². The first-order valence-electron chi connectivity index (χ1n) is 19.9. The van der Waals surface area contributed by atoms with E-state index in [1.807, 2.05) is 0 Å². The van der Waals surface area contributed by atoms with Crippen LogP contribution < -0.4 is 42.4 Å². The lowest BCUT2D eigenvalue weighted by atomic mass is 10.2. The molecule has 280 valence electrons. The van der Waals surface area contributed by atoms with E-state index in [1.165, 1.54) is 42.4 Å². The van der Waals surface area contributed by atoms with Crippen LogP contribution in [0.25, 0.3) is 0 Å². The zero-order valence-corrected chi connectivity index (χ0v) is 36.0. The predicted octanol–water partition coefficient (Wildman–Crippen LogP) is 11.3. The van der Waals surface area contributed by atoms with Crippen LogP contribution in [0, 0.1) is 0 Å². The highest BCUT2D eigenvalue weighted by atomic mass is 31.2. The fourth-order valence-electron chi connectivity index (χ4n) is 8.21. The van der Waals surface area contributed by atoms with Crippen LogP contribution >= 0.6 is 31.7 Å². The second-order valence-electron chi connectivity index (χ2n) is 14.1. The van der Waals surface area contributed by atoms with E-state index in [4.69, 9.17) is 0 Å². The Balaban J connectivity index is 1.56. The molecule has 8 aromatic rings. The average Bonchev–Trinajstić information content (AvgIpc) is 3.29. The average molecular weight is 809 g/mol. The monoisotopic (exact) mass is 808 g/mol. The van der Waals surface area contributed by atoms with Crippen LogP contribution in [0.5, 0.6) is 0 Å². The van der Waals surface area contributed by atoms with Gasteiger partial charge in [-0.1, -0.05) is 250 Å². The Hall–Kier alpha value is -4.52. The minimum Gasteiger partial charge on any atom is -0.0648 e. The van der Waals surface area contributed by atoms with Crippen LogP contribution in [-0.2, 0) is 0 Å². The van der Waals surface area contributed by atoms with Gasteiger partial charge in [0.15, 0.2) is 0 Å². The fourth-order valence-corrected chi connectivity index (χ4v) is 25.6. The van der Waals surface area contributed by atoms with Crippen LogP contribution in [0.1, 0.15) is 19.8 Å². The maximum absolute atomic E-state index is 2.46. The summed E-state index contributed by atoms with van der Waals surface area (Å²) >= 11 is 0. The largest absolute Gasteiger partial charge is 0.0648 e. The Morgan fingerprint density at radius 3 is 0.684 bits per heavy atom. The van der Waals surface area contributed by atoms with E-state index in [2.05, 4.69) is 250 Å². The van der Waals surface area contributed by atoms with Crippen molar-refractivity contribution in [3.05, 3.63) is 243 Å². The molecule has 0 amide bonds. The molecule has 0 fully saturated rings. The van der Waals surface area contributed by atoms with E-state index in [0.717, 1.165) is 12.8 Å². The summed E-state index contributed by atoms with van der Waals surface area (Å²) in [4.78, 5) is 0. The molecule has 0 aromatic heterocycles. The normalized spacial score (nSPS) is 12.3. The summed E-state index contributed by atoms with van der Waals surface area (Å²) in [5.41, 5.74) is 0.386. The molecule has 0 saturated heterocycles. The van der Waals surface area contributed by atoms with Gasteiger partial charge in [-0.25, -0.2) is 0 Å². The Morgan fingerprint density at radius 1 is 0.298 bits per heavy atom. The molecule has 0 spiro atoms. The molecule has 0 aliphatic carbocycles. The second-order valence-corrected chi connectivity index (χ2v) is 25.1. The van der Waals surface area contributed by atoms with Gasteiger partial charge in [-0.05, 0) is 92.6 Å². The van der Waals surface area contributed by atoms with Gasteiger partial charge in [-0.15, -0.1) is 0 Å². The predicted molar refractivity (Wildman–Crippen MR) is 258 cm³/mol. The van der Waals surface area contributed by atoms with Gasteiger partial charge in [0.2, 0.25) is 0 Å². The molecule has 1 unspecified atom stereocenters. The smallest absolute Gasteiger partial charge is 0.0552 e. The van der Waals surface area contributed by atoms with Gasteiger partial charge in [-0.2, -0.15) is 0 Å². The highest BCUT2D eigenvalue weighted by Crippen LogP contribution is 2.80. The number of hydrogen-bond acceptors (Lipinski definition) is 0. The van der Waals surface area contributed by atoms with E-state index in [1.54, 1.807) is 0 Å². The maximum atomic E-state index is 2.46. The lowest BCUT2D eigenvalue weighted by Gasteiger charge is -2.54. The topological polar surface area (TPSA) is 0 Å². The first-order valence-corrected chi connectivity index (χ1v) is 25.3. The van der Waals surface area contributed by atoms with Crippen LogP contribution in [0.3, 0.4) is 0 Å². The second kappa shape index (κ2) is 19.3. The van der Waals surface area contributed by atoms with Gasteiger partial charge < -0.3 is 0 Å². The highest BCUT2D eigenvalue weighted by Gasteiger charge is 2.55. The molecule has 0 bridgehead atoms. The minimum atomic E-state index is -1.00. The van der Waals surface area contributed by atoms with E-state index >= 15 is 0 Å².